The summed E-state index contributed by atoms with van der Waals surface area (Å²) in [5, 5.41) is 3.07. The van der Waals surface area contributed by atoms with Gasteiger partial charge in [-0.1, -0.05) is 12.1 Å². The van der Waals surface area contributed by atoms with Gasteiger partial charge in [0, 0.05) is 40.9 Å². The van der Waals surface area contributed by atoms with Gasteiger partial charge in [0.2, 0.25) is 5.91 Å². The summed E-state index contributed by atoms with van der Waals surface area (Å²) in [6.45, 7) is 1.68. The maximum Gasteiger partial charge on any atom is 0.411 e. The van der Waals surface area contributed by atoms with Gasteiger partial charge in [-0.2, -0.15) is 0 Å². The third-order valence-electron chi connectivity index (χ3n) is 6.42. The maximum absolute atomic E-state index is 13.5. The van der Waals surface area contributed by atoms with Crippen LogP contribution in [-0.4, -0.2) is 41.3 Å². The second kappa shape index (κ2) is 9.89. The molecule has 11 heteroatoms. The molecule has 0 saturated carbocycles. The first-order valence-corrected chi connectivity index (χ1v) is 12.7. The van der Waals surface area contributed by atoms with Crippen molar-refractivity contribution >= 4 is 46.4 Å². The van der Waals surface area contributed by atoms with E-state index in [2.05, 4.69) is 5.32 Å². The highest BCUT2D eigenvalue weighted by Gasteiger charge is 2.57. The fourth-order valence-electron chi connectivity index (χ4n) is 4.79. The minimum atomic E-state index is -0.809. The van der Waals surface area contributed by atoms with E-state index >= 15 is 0 Å². The minimum absolute atomic E-state index is 0.163. The summed E-state index contributed by atoms with van der Waals surface area (Å²) in [6, 6.07) is 11.1. The molecule has 2 saturated heterocycles. The standard InChI is InChI=1S/C26H23FN2O7S/c1-2-34-25(33)28-18-7-8-19-15(11-23(31)36-21(19)12-18)13-35-24(32)20-14-37-26(10-9-22(30)29(20)26)16-3-5-17(27)6-4-16/h3-8,11-12,20H,2,9-10,13-14H2,1H3,(H,28,33)/t20-,26+/m0/s1. The van der Waals surface area contributed by atoms with Crippen LogP contribution in [0.25, 0.3) is 11.0 Å². The summed E-state index contributed by atoms with van der Waals surface area (Å²) < 4.78 is 29.2. The second-order valence-corrected chi connectivity index (χ2v) is 9.93. The Morgan fingerprint density at radius 1 is 1.16 bits per heavy atom. The van der Waals surface area contributed by atoms with Gasteiger partial charge >= 0.3 is 17.7 Å². The van der Waals surface area contributed by atoms with Gasteiger partial charge in [-0.25, -0.2) is 18.8 Å². The van der Waals surface area contributed by atoms with E-state index in [0.29, 0.717) is 28.8 Å². The number of ether oxygens (including phenoxy) is 2. The first-order valence-electron chi connectivity index (χ1n) is 11.7. The normalized spacial score (nSPS) is 20.6. The average molecular weight is 527 g/mol. The molecule has 3 heterocycles. The Morgan fingerprint density at radius 3 is 2.70 bits per heavy atom. The zero-order valence-corrected chi connectivity index (χ0v) is 20.6. The van der Waals surface area contributed by atoms with E-state index in [1.165, 1.54) is 36.0 Å². The van der Waals surface area contributed by atoms with Gasteiger partial charge in [-0.15, -0.1) is 11.8 Å². The number of amides is 2. The summed E-state index contributed by atoms with van der Waals surface area (Å²) in [5.41, 5.74) is 1.11. The van der Waals surface area contributed by atoms with E-state index in [4.69, 9.17) is 13.9 Å². The van der Waals surface area contributed by atoms with Crippen LogP contribution in [0.4, 0.5) is 14.9 Å². The molecule has 192 valence electrons. The molecular formula is C26H23FN2O7S. The molecule has 5 rings (SSSR count). The SMILES string of the molecule is CCOC(=O)Nc1ccc2c(COC(=O)[C@@H]3CS[C@@]4(c5ccc(F)cc5)CCC(=O)N34)cc(=O)oc2c1. The predicted octanol–water partition coefficient (Wildman–Crippen LogP) is 4.13. The first kappa shape index (κ1) is 24.8. The van der Waals surface area contributed by atoms with Crippen LogP contribution in [0.2, 0.25) is 0 Å². The van der Waals surface area contributed by atoms with Crippen molar-refractivity contribution < 1.29 is 32.7 Å². The minimum Gasteiger partial charge on any atom is -0.459 e. The fourth-order valence-corrected chi connectivity index (χ4v) is 6.42. The summed E-state index contributed by atoms with van der Waals surface area (Å²) in [7, 11) is 0. The molecule has 0 radical (unpaired) electrons. The lowest BCUT2D eigenvalue weighted by atomic mass is 10.0. The number of benzene rings is 2. The number of nitrogens with zero attached hydrogens (tertiary/aromatic N) is 1. The molecule has 2 fully saturated rings. The lowest BCUT2D eigenvalue weighted by Gasteiger charge is -2.33. The van der Waals surface area contributed by atoms with E-state index in [0.717, 1.165) is 5.56 Å². The number of carbonyl (C=O) groups excluding carboxylic acids is 3. The van der Waals surface area contributed by atoms with Crippen molar-refractivity contribution in [1.29, 1.82) is 0 Å². The fraction of sp³-hybridized carbons (Fsp3) is 0.308. The Balaban J connectivity index is 1.34. The summed E-state index contributed by atoms with van der Waals surface area (Å²) in [5.74, 6) is -0.793. The molecule has 1 N–H and O–H groups in total. The van der Waals surface area contributed by atoms with E-state index in [1.807, 2.05) is 0 Å². The molecule has 0 aliphatic carbocycles. The molecule has 2 aromatic carbocycles. The number of carbonyl (C=O) groups is 3. The Hall–Kier alpha value is -3.86. The monoisotopic (exact) mass is 526 g/mol. The molecule has 2 aliphatic rings. The number of esters is 1. The van der Waals surface area contributed by atoms with Crippen molar-refractivity contribution in [3.05, 3.63) is 75.9 Å². The lowest BCUT2D eigenvalue weighted by molar-refractivity contribution is -0.155. The second-order valence-electron chi connectivity index (χ2n) is 8.64. The van der Waals surface area contributed by atoms with Gasteiger partial charge in [-0.05, 0) is 43.2 Å². The van der Waals surface area contributed by atoms with Crippen molar-refractivity contribution in [1.82, 2.24) is 4.90 Å². The molecule has 2 aliphatic heterocycles. The summed E-state index contributed by atoms with van der Waals surface area (Å²) >= 11 is 1.47. The van der Waals surface area contributed by atoms with E-state index in [1.54, 1.807) is 36.1 Å². The zero-order chi connectivity index (χ0) is 26.2. The van der Waals surface area contributed by atoms with Crippen LogP contribution in [0.5, 0.6) is 0 Å². The molecular weight excluding hydrogens is 503 g/mol. The molecule has 1 aromatic heterocycles. The van der Waals surface area contributed by atoms with Gasteiger partial charge in [-0.3, -0.25) is 10.1 Å². The Kier molecular flexibility index (Phi) is 6.63. The number of fused-ring (bicyclic) bond motifs is 2. The highest BCUT2D eigenvalue weighted by molar-refractivity contribution is 8.00. The Bertz CT molecular complexity index is 1440. The van der Waals surface area contributed by atoms with Crippen LogP contribution >= 0.6 is 11.8 Å². The third-order valence-corrected chi connectivity index (χ3v) is 8.01. The van der Waals surface area contributed by atoms with E-state index in [9.17, 15) is 23.6 Å². The molecule has 3 aromatic rings. The van der Waals surface area contributed by atoms with Gasteiger partial charge in [0.05, 0.1) is 6.61 Å². The predicted molar refractivity (Wildman–Crippen MR) is 133 cm³/mol. The molecule has 2 atom stereocenters. The Morgan fingerprint density at radius 2 is 1.95 bits per heavy atom. The van der Waals surface area contributed by atoms with Crippen LogP contribution in [0, 0.1) is 5.82 Å². The van der Waals surface area contributed by atoms with Gasteiger partial charge in [0.15, 0.2) is 0 Å². The lowest BCUT2D eigenvalue weighted by Crippen LogP contribution is -2.46. The Labute approximate surface area is 214 Å². The number of halogens is 1. The molecule has 9 nitrogen and oxygen atoms in total. The van der Waals surface area contributed by atoms with Crippen LogP contribution in [0.3, 0.4) is 0 Å². The number of hydrogen-bond donors (Lipinski definition) is 1. The van der Waals surface area contributed by atoms with Gasteiger partial charge in [0.25, 0.3) is 0 Å². The molecule has 0 bridgehead atoms. The van der Waals surface area contributed by atoms with Crippen molar-refractivity contribution in [2.75, 3.05) is 17.7 Å². The first-order chi connectivity index (χ1) is 17.8. The summed E-state index contributed by atoms with van der Waals surface area (Å²) in [6.07, 6.45) is 0.149. The quantitative estimate of drug-likeness (QED) is 0.377. The van der Waals surface area contributed by atoms with Crippen molar-refractivity contribution in [3.63, 3.8) is 0 Å². The van der Waals surface area contributed by atoms with E-state index < -0.39 is 28.6 Å². The average Bonchev–Trinajstić information content (AvgIpc) is 3.41. The van der Waals surface area contributed by atoms with Crippen LogP contribution in [0.1, 0.15) is 30.9 Å². The van der Waals surface area contributed by atoms with Crippen molar-refractivity contribution in [2.45, 2.75) is 37.3 Å². The largest absolute Gasteiger partial charge is 0.459 e. The zero-order valence-electron chi connectivity index (χ0n) is 19.8. The number of anilines is 1. The smallest absolute Gasteiger partial charge is 0.411 e. The molecule has 2 amide bonds. The highest BCUT2D eigenvalue weighted by atomic mass is 32.2. The van der Waals surface area contributed by atoms with Crippen LogP contribution < -0.4 is 10.9 Å². The summed E-state index contributed by atoms with van der Waals surface area (Å²) in [4.78, 5) is 50.6. The van der Waals surface area contributed by atoms with Crippen LogP contribution in [0.15, 0.2) is 57.7 Å². The van der Waals surface area contributed by atoms with Crippen molar-refractivity contribution in [2.24, 2.45) is 0 Å². The van der Waals surface area contributed by atoms with E-state index in [-0.39, 0.29) is 36.9 Å². The van der Waals surface area contributed by atoms with Crippen LogP contribution in [-0.2, 0) is 30.5 Å². The topological polar surface area (TPSA) is 115 Å². The number of hydrogen-bond acceptors (Lipinski definition) is 8. The molecule has 37 heavy (non-hydrogen) atoms. The third kappa shape index (κ3) is 4.66. The highest BCUT2D eigenvalue weighted by Crippen LogP contribution is 2.54. The number of thioether (sulfide) groups is 1. The number of rotatable bonds is 6. The van der Waals surface area contributed by atoms with Crippen molar-refractivity contribution in [3.8, 4) is 0 Å². The van der Waals surface area contributed by atoms with Gasteiger partial charge in [0.1, 0.15) is 28.9 Å². The molecule has 0 unspecified atom stereocenters. The maximum atomic E-state index is 13.5. The van der Waals surface area contributed by atoms with Gasteiger partial charge < -0.3 is 18.8 Å². The number of nitrogens with one attached hydrogen (secondary N) is 1. The molecule has 0 spiro atoms.